The Labute approximate surface area is 174 Å². The standard InChI is InChI=1S/C21H22N4O4S/c1-16-13-17-5-4-6-18(21(17)22-14-16)30(28,29)25-11-9-23(10-12-25)20(27)15-24-8-3-2-7-19(24)26/h2-8,13-14H,9-12,15H2,1H3. The molecular weight excluding hydrogens is 404 g/mol. The number of benzene rings is 1. The maximum absolute atomic E-state index is 13.2. The molecule has 0 unspecified atom stereocenters. The van der Waals surface area contributed by atoms with Gasteiger partial charge in [0.2, 0.25) is 15.9 Å². The van der Waals surface area contributed by atoms with E-state index in [1.807, 2.05) is 19.1 Å². The Kier molecular flexibility index (Phi) is 5.40. The Morgan fingerprint density at radius 1 is 1.07 bits per heavy atom. The molecule has 0 spiro atoms. The minimum absolute atomic E-state index is 0.0565. The maximum atomic E-state index is 13.2. The zero-order valence-electron chi connectivity index (χ0n) is 16.6. The van der Waals surface area contributed by atoms with Gasteiger partial charge in [0.1, 0.15) is 11.4 Å². The predicted octanol–water partition coefficient (Wildman–Crippen LogP) is 1.24. The summed E-state index contributed by atoms with van der Waals surface area (Å²) in [6, 6.07) is 11.7. The van der Waals surface area contributed by atoms with Gasteiger partial charge >= 0.3 is 0 Å². The minimum Gasteiger partial charge on any atom is -0.339 e. The zero-order valence-corrected chi connectivity index (χ0v) is 17.4. The van der Waals surface area contributed by atoms with Crippen molar-refractivity contribution < 1.29 is 13.2 Å². The lowest BCUT2D eigenvalue weighted by Crippen LogP contribution is -2.51. The summed E-state index contributed by atoms with van der Waals surface area (Å²) in [6.07, 6.45) is 3.22. The van der Waals surface area contributed by atoms with Crippen LogP contribution in [-0.2, 0) is 21.4 Å². The van der Waals surface area contributed by atoms with Crippen molar-refractivity contribution in [3.8, 4) is 0 Å². The summed E-state index contributed by atoms with van der Waals surface area (Å²) < 4.78 is 29.2. The van der Waals surface area contributed by atoms with Crippen LogP contribution < -0.4 is 5.56 Å². The third-order valence-corrected chi connectivity index (χ3v) is 7.15. The molecule has 9 heteroatoms. The fraction of sp³-hybridized carbons (Fsp3) is 0.286. The van der Waals surface area contributed by atoms with Gasteiger partial charge in [-0.2, -0.15) is 4.31 Å². The van der Waals surface area contributed by atoms with Gasteiger partial charge in [0, 0.05) is 50.0 Å². The topological polar surface area (TPSA) is 92.6 Å². The van der Waals surface area contributed by atoms with Crippen LogP contribution in [-0.4, -0.2) is 59.3 Å². The number of para-hydroxylation sites is 1. The molecule has 4 rings (SSSR count). The summed E-state index contributed by atoms with van der Waals surface area (Å²) in [7, 11) is -3.74. The number of carbonyl (C=O) groups is 1. The summed E-state index contributed by atoms with van der Waals surface area (Å²) in [5, 5.41) is 0.776. The van der Waals surface area contributed by atoms with E-state index in [-0.39, 0.29) is 49.1 Å². The highest BCUT2D eigenvalue weighted by atomic mass is 32.2. The van der Waals surface area contributed by atoms with Crippen LogP contribution in [0.25, 0.3) is 10.9 Å². The molecule has 8 nitrogen and oxygen atoms in total. The number of hydrogen-bond acceptors (Lipinski definition) is 5. The lowest BCUT2D eigenvalue weighted by molar-refractivity contribution is -0.133. The average Bonchev–Trinajstić information content (AvgIpc) is 2.74. The van der Waals surface area contributed by atoms with Crippen molar-refractivity contribution >= 4 is 26.8 Å². The summed E-state index contributed by atoms with van der Waals surface area (Å²) in [5.41, 5.74) is 1.16. The quantitative estimate of drug-likeness (QED) is 0.626. The van der Waals surface area contributed by atoms with E-state index in [1.54, 1.807) is 41.6 Å². The number of aryl methyl sites for hydroxylation is 1. The number of fused-ring (bicyclic) bond motifs is 1. The lowest BCUT2D eigenvalue weighted by atomic mass is 10.2. The monoisotopic (exact) mass is 426 g/mol. The number of carbonyl (C=O) groups excluding carboxylic acids is 1. The number of hydrogen-bond donors (Lipinski definition) is 0. The van der Waals surface area contributed by atoms with E-state index in [9.17, 15) is 18.0 Å². The van der Waals surface area contributed by atoms with Gasteiger partial charge in [0.15, 0.2) is 0 Å². The first kappa shape index (κ1) is 20.2. The summed E-state index contributed by atoms with van der Waals surface area (Å²) in [6.45, 7) is 2.79. The zero-order chi connectivity index (χ0) is 21.3. The number of rotatable bonds is 4. The molecule has 1 aliphatic rings. The van der Waals surface area contributed by atoms with Crippen LogP contribution in [0, 0.1) is 6.92 Å². The molecule has 2 aromatic heterocycles. The first-order valence-electron chi connectivity index (χ1n) is 9.65. The molecule has 1 fully saturated rings. The van der Waals surface area contributed by atoms with E-state index >= 15 is 0 Å². The Morgan fingerprint density at radius 2 is 1.83 bits per heavy atom. The Hall–Kier alpha value is -3.04. The number of amides is 1. The van der Waals surface area contributed by atoms with Gasteiger partial charge in [0.05, 0.1) is 5.52 Å². The van der Waals surface area contributed by atoms with E-state index in [1.165, 1.54) is 14.9 Å². The number of aromatic nitrogens is 2. The highest BCUT2D eigenvalue weighted by Gasteiger charge is 2.31. The molecule has 1 saturated heterocycles. The van der Waals surface area contributed by atoms with E-state index in [0.717, 1.165) is 10.9 Å². The van der Waals surface area contributed by atoms with Crippen LogP contribution in [0.1, 0.15) is 5.56 Å². The predicted molar refractivity (Wildman–Crippen MR) is 113 cm³/mol. The first-order chi connectivity index (χ1) is 14.4. The fourth-order valence-electron chi connectivity index (χ4n) is 3.60. The van der Waals surface area contributed by atoms with Crippen molar-refractivity contribution in [2.45, 2.75) is 18.4 Å². The van der Waals surface area contributed by atoms with E-state index < -0.39 is 10.0 Å². The molecule has 1 aliphatic heterocycles. The first-order valence-corrected chi connectivity index (χ1v) is 11.1. The van der Waals surface area contributed by atoms with Crippen LogP contribution in [0.4, 0.5) is 0 Å². The summed E-state index contributed by atoms with van der Waals surface area (Å²) >= 11 is 0. The molecule has 0 saturated carbocycles. The molecule has 0 N–H and O–H groups in total. The normalized spacial score (nSPS) is 15.4. The van der Waals surface area contributed by atoms with E-state index in [0.29, 0.717) is 5.52 Å². The van der Waals surface area contributed by atoms with E-state index in [4.69, 9.17) is 0 Å². The highest BCUT2D eigenvalue weighted by molar-refractivity contribution is 7.89. The van der Waals surface area contributed by atoms with Crippen LogP contribution in [0.15, 0.2) is 64.5 Å². The average molecular weight is 426 g/mol. The summed E-state index contributed by atoms with van der Waals surface area (Å²) in [5.74, 6) is -0.206. The molecule has 3 heterocycles. The van der Waals surface area contributed by atoms with Crippen LogP contribution in [0.3, 0.4) is 0 Å². The van der Waals surface area contributed by atoms with Gasteiger partial charge in [-0.15, -0.1) is 0 Å². The van der Waals surface area contributed by atoms with Crippen molar-refractivity contribution in [1.82, 2.24) is 18.8 Å². The second kappa shape index (κ2) is 8.00. The smallest absolute Gasteiger partial charge is 0.250 e. The molecule has 0 atom stereocenters. The number of sulfonamides is 1. The van der Waals surface area contributed by atoms with Gasteiger partial charge < -0.3 is 9.47 Å². The van der Waals surface area contributed by atoms with Crippen LogP contribution >= 0.6 is 0 Å². The SMILES string of the molecule is Cc1cnc2c(S(=O)(=O)N3CCN(C(=O)Cn4ccccc4=O)CC3)cccc2c1. The van der Waals surface area contributed by atoms with Crippen LogP contribution in [0.5, 0.6) is 0 Å². The van der Waals surface area contributed by atoms with Crippen molar-refractivity contribution in [1.29, 1.82) is 0 Å². The molecule has 3 aromatic rings. The largest absolute Gasteiger partial charge is 0.339 e. The molecule has 156 valence electrons. The minimum atomic E-state index is -3.74. The van der Waals surface area contributed by atoms with Crippen molar-refractivity contribution in [3.05, 3.63) is 70.8 Å². The Balaban J connectivity index is 1.49. The number of nitrogens with zero attached hydrogens (tertiary/aromatic N) is 4. The van der Waals surface area contributed by atoms with Crippen molar-refractivity contribution in [2.75, 3.05) is 26.2 Å². The fourth-order valence-corrected chi connectivity index (χ4v) is 5.19. The molecule has 30 heavy (non-hydrogen) atoms. The summed E-state index contributed by atoms with van der Waals surface area (Å²) in [4.78, 5) is 30.5. The Bertz CT molecular complexity index is 1260. The molecule has 1 amide bonds. The molecule has 0 aliphatic carbocycles. The molecular formula is C21H22N4O4S. The van der Waals surface area contributed by atoms with Gasteiger partial charge in [-0.3, -0.25) is 14.6 Å². The van der Waals surface area contributed by atoms with E-state index in [2.05, 4.69) is 4.98 Å². The third kappa shape index (κ3) is 3.86. The maximum Gasteiger partial charge on any atom is 0.250 e. The Morgan fingerprint density at radius 3 is 2.57 bits per heavy atom. The van der Waals surface area contributed by atoms with Crippen LogP contribution in [0.2, 0.25) is 0 Å². The van der Waals surface area contributed by atoms with Gasteiger partial charge in [-0.25, -0.2) is 8.42 Å². The highest BCUT2D eigenvalue weighted by Crippen LogP contribution is 2.25. The van der Waals surface area contributed by atoms with Gasteiger partial charge in [-0.05, 0) is 30.7 Å². The van der Waals surface area contributed by atoms with Gasteiger partial charge in [0.25, 0.3) is 5.56 Å². The lowest BCUT2D eigenvalue weighted by Gasteiger charge is -2.34. The van der Waals surface area contributed by atoms with Gasteiger partial charge in [-0.1, -0.05) is 18.2 Å². The third-order valence-electron chi connectivity index (χ3n) is 5.22. The molecule has 0 radical (unpaired) electrons. The molecule has 1 aromatic carbocycles. The van der Waals surface area contributed by atoms with Crippen molar-refractivity contribution in [2.24, 2.45) is 0 Å². The number of pyridine rings is 2. The molecule has 0 bridgehead atoms. The second-order valence-corrected chi connectivity index (χ2v) is 9.20. The van der Waals surface area contributed by atoms with Crippen molar-refractivity contribution in [3.63, 3.8) is 0 Å². The number of piperazine rings is 1. The second-order valence-electron chi connectivity index (χ2n) is 7.29.